The Bertz CT molecular complexity index is 712. The standard InChI is InChI=1S/C17H22N4O2S/c1-4-12-7-5-6-8-14(12)18-17(24)20-19-16(22)15-10-9-13(23-15)11-21(2)3/h5-10H,4,11H2,1-3H3,(H,19,22)(H2,18,20,24)/p+1. The van der Waals surface area contributed by atoms with Crippen molar-refractivity contribution in [1.29, 1.82) is 0 Å². The molecule has 0 aliphatic rings. The number of hydrogen-bond acceptors (Lipinski definition) is 3. The minimum atomic E-state index is -0.372. The molecule has 0 atom stereocenters. The molecule has 0 saturated heterocycles. The fraction of sp³-hybridized carbons (Fsp3) is 0.294. The lowest BCUT2D eigenvalue weighted by Crippen LogP contribution is -3.04. The Morgan fingerprint density at radius 2 is 1.92 bits per heavy atom. The van der Waals surface area contributed by atoms with E-state index in [4.69, 9.17) is 16.6 Å². The molecule has 1 heterocycles. The topological polar surface area (TPSA) is 70.7 Å². The summed E-state index contributed by atoms with van der Waals surface area (Å²) < 4.78 is 5.51. The number of para-hydroxylation sites is 1. The quantitative estimate of drug-likeness (QED) is 0.482. The van der Waals surface area contributed by atoms with Crippen molar-refractivity contribution in [2.24, 2.45) is 0 Å². The Labute approximate surface area is 147 Å². The molecule has 2 aromatic rings. The highest BCUT2D eigenvalue weighted by atomic mass is 32.1. The van der Waals surface area contributed by atoms with Crippen LogP contribution >= 0.6 is 12.2 Å². The number of benzene rings is 1. The lowest BCUT2D eigenvalue weighted by Gasteiger charge is -2.13. The third-order valence-electron chi connectivity index (χ3n) is 3.35. The monoisotopic (exact) mass is 347 g/mol. The van der Waals surface area contributed by atoms with Crippen LogP contribution in [-0.2, 0) is 13.0 Å². The van der Waals surface area contributed by atoms with E-state index >= 15 is 0 Å². The molecule has 0 spiro atoms. The molecule has 1 amide bonds. The molecule has 0 radical (unpaired) electrons. The number of hydrogen-bond donors (Lipinski definition) is 4. The second-order valence-corrected chi connectivity index (χ2v) is 6.10. The highest BCUT2D eigenvalue weighted by Gasteiger charge is 2.13. The maximum atomic E-state index is 12.1. The van der Waals surface area contributed by atoms with Crippen LogP contribution in [0.3, 0.4) is 0 Å². The molecule has 0 saturated carbocycles. The van der Waals surface area contributed by atoms with Crippen molar-refractivity contribution in [2.75, 3.05) is 19.4 Å². The number of furan rings is 1. The molecule has 0 aliphatic heterocycles. The minimum absolute atomic E-state index is 0.246. The smallest absolute Gasteiger partial charge is 0.305 e. The zero-order valence-corrected chi connectivity index (χ0v) is 14.9. The molecule has 4 N–H and O–H groups in total. The predicted molar refractivity (Wildman–Crippen MR) is 97.9 cm³/mol. The van der Waals surface area contributed by atoms with E-state index in [1.807, 2.05) is 38.4 Å². The van der Waals surface area contributed by atoms with Gasteiger partial charge in [-0.05, 0) is 42.4 Å². The van der Waals surface area contributed by atoms with E-state index in [2.05, 4.69) is 23.1 Å². The molecule has 0 aliphatic carbocycles. The van der Waals surface area contributed by atoms with Crippen LogP contribution in [0.15, 0.2) is 40.8 Å². The van der Waals surface area contributed by atoms with Gasteiger partial charge >= 0.3 is 5.91 Å². The number of hydrazine groups is 1. The summed E-state index contributed by atoms with van der Waals surface area (Å²) in [6.45, 7) is 2.79. The number of nitrogens with one attached hydrogen (secondary N) is 4. The van der Waals surface area contributed by atoms with Crippen LogP contribution in [-0.4, -0.2) is 25.1 Å². The lowest BCUT2D eigenvalue weighted by molar-refractivity contribution is -0.873. The molecule has 0 unspecified atom stereocenters. The van der Waals surface area contributed by atoms with E-state index in [1.165, 1.54) is 4.90 Å². The van der Waals surface area contributed by atoms with Gasteiger partial charge in [0, 0.05) is 5.69 Å². The Kier molecular flexibility index (Phi) is 6.34. The molecule has 7 heteroatoms. The normalized spacial score (nSPS) is 10.5. The fourth-order valence-corrected chi connectivity index (χ4v) is 2.38. The summed E-state index contributed by atoms with van der Waals surface area (Å²) in [5.41, 5.74) is 7.28. The Balaban J connectivity index is 1.87. The summed E-state index contributed by atoms with van der Waals surface area (Å²) in [4.78, 5) is 13.3. The number of amides is 1. The summed E-state index contributed by atoms with van der Waals surface area (Å²) in [5.74, 6) is 0.635. The second kappa shape index (κ2) is 8.47. The Morgan fingerprint density at radius 3 is 2.62 bits per heavy atom. The summed E-state index contributed by atoms with van der Waals surface area (Å²) in [7, 11) is 4.03. The molecule has 0 fully saturated rings. The summed E-state index contributed by atoms with van der Waals surface area (Å²) in [6.07, 6.45) is 0.890. The van der Waals surface area contributed by atoms with Crippen molar-refractivity contribution in [3.05, 3.63) is 53.5 Å². The fourth-order valence-electron chi connectivity index (χ4n) is 2.22. The lowest BCUT2D eigenvalue weighted by atomic mass is 10.1. The van der Waals surface area contributed by atoms with Gasteiger partial charge in [0.15, 0.2) is 16.6 Å². The zero-order valence-electron chi connectivity index (χ0n) is 14.1. The molecule has 2 rings (SSSR count). The van der Waals surface area contributed by atoms with Crippen molar-refractivity contribution in [2.45, 2.75) is 19.9 Å². The van der Waals surface area contributed by atoms with Crippen LogP contribution in [0.2, 0.25) is 0 Å². The zero-order chi connectivity index (χ0) is 17.5. The molecule has 1 aromatic heterocycles. The van der Waals surface area contributed by atoms with Gasteiger partial charge in [-0.1, -0.05) is 25.1 Å². The van der Waals surface area contributed by atoms with E-state index in [1.54, 1.807) is 12.1 Å². The van der Waals surface area contributed by atoms with Crippen molar-refractivity contribution in [3.8, 4) is 0 Å². The maximum Gasteiger partial charge on any atom is 0.305 e. The van der Waals surface area contributed by atoms with Gasteiger partial charge in [0.2, 0.25) is 0 Å². The van der Waals surface area contributed by atoms with Crippen LogP contribution in [0.4, 0.5) is 5.69 Å². The first-order valence-corrected chi connectivity index (χ1v) is 8.23. The third-order valence-corrected chi connectivity index (χ3v) is 3.55. The van der Waals surface area contributed by atoms with E-state index in [-0.39, 0.29) is 11.7 Å². The van der Waals surface area contributed by atoms with E-state index < -0.39 is 0 Å². The largest absolute Gasteiger partial charge is 0.450 e. The van der Waals surface area contributed by atoms with Gasteiger partial charge in [0.1, 0.15) is 6.54 Å². The van der Waals surface area contributed by atoms with Crippen LogP contribution in [0.25, 0.3) is 0 Å². The number of carbonyl (C=O) groups excluding carboxylic acids is 1. The van der Waals surface area contributed by atoms with Crippen molar-refractivity contribution in [1.82, 2.24) is 10.9 Å². The minimum Gasteiger partial charge on any atom is -0.450 e. The molecule has 24 heavy (non-hydrogen) atoms. The number of anilines is 1. The number of aryl methyl sites for hydroxylation is 1. The van der Waals surface area contributed by atoms with Gasteiger partial charge in [0.05, 0.1) is 14.1 Å². The molecular formula is C17H23N4O2S+. The average Bonchev–Trinajstić information content (AvgIpc) is 3.01. The SMILES string of the molecule is CCc1ccccc1NC(=S)NNC(=O)c1ccc(C[NH+](C)C)o1. The van der Waals surface area contributed by atoms with Crippen LogP contribution in [0, 0.1) is 0 Å². The number of thiocarbonyl (C=S) groups is 1. The first kappa shape index (κ1) is 18.0. The van der Waals surface area contributed by atoms with E-state index in [9.17, 15) is 4.79 Å². The highest BCUT2D eigenvalue weighted by Crippen LogP contribution is 2.15. The average molecular weight is 347 g/mol. The Morgan fingerprint density at radius 1 is 1.17 bits per heavy atom. The van der Waals surface area contributed by atoms with Crippen molar-refractivity contribution in [3.63, 3.8) is 0 Å². The van der Waals surface area contributed by atoms with Gasteiger partial charge in [0.25, 0.3) is 0 Å². The van der Waals surface area contributed by atoms with Gasteiger partial charge in [-0.15, -0.1) is 0 Å². The summed E-state index contributed by atoms with van der Waals surface area (Å²) >= 11 is 5.20. The van der Waals surface area contributed by atoms with Gasteiger partial charge in [-0.3, -0.25) is 15.6 Å². The highest BCUT2D eigenvalue weighted by molar-refractivity contribution is 7.80. The molecular weight excluding hydrogens is 324 g/mol. The number of carbonyl (C=O) groups is 1. The van der Waals surface area contributed by atoms with Gasteiger partial charge in [-0.2, -0.15) is 0 Å². The summed E-state index contributed by atoms with van der Waals surface area (Å²) in [6, 6.07) is 11.3. The van der Waals surface area contributed by atoms with E-state index in [0.29, 0.717) is 11.7 Å². The Hall–Kier alpha value is -2.38. The third kappa shape index (κ3) is 5.07. The van der Waals surface area contributed by atoms with Gasteiger partial charge < -0.3 is 14.6 Å². The molecule has 0 bridgehead atoms. The van der Waals surface area contributed by atoms with Gasteiger partial charge in [-0.25, -0.2) is 0 Å². The number of rotatable bonds is 5. The first-order chi connectivity index (χ1) is 11.5. The molecule has 6 nitrogen and oxygen atoms in total. The van der Waals surface area contributed by atoms with Crippen molar-refractivity contribution < 1.29 is 14.1 Å². The van der Waals surface area contributed by atoms with Crippen LogP contribution in [0.5, 0.6) is 0 Å². The predicted octanol–water partition coefficient (Wildman–Crippen LogP) is 1.12. The number of quaternary nitrogens is 1. The summed E-state index contributed by atoms with van der Waals surface area (Å²) in [5, 5.41) is 3.38. The van der Waals surface area contributed by atoms with Crippen LogP contribution in [0.1, 0.15) is 28.8 Å². The molecule has 128 valence electrons. The maximum absolute atomic E-state index is 12.1. The van der Waals surface area contributed by atoms with Crippen LogP contribution < -0.4 is 21.1 Å². The second-order valence-electron chi connectivity index (χ2n) is 5.69. The van der Waals surface area contributed by atoms with E-state index in [0.717, 1.165) is 23.4 Å². The first-order valence-electron chi connectivity index (χ1n) is 7.82. The van der Waals surface area contributed by atoms with Crippen molar-refractivity contribution >= 4 is 28.9 Å². The molecule has 1 aromatic carbocycles.